The van der Waals surface area contributed by atoms with Crippen molar-refractivity contribution >= 4 is 22.6 Å². The topological polar surface area (TPSA) is 23.8 Å². The largest absolute Gasteiger partial charge is 0.197 e. The summed E-state index contributed by atoms with van der Waals surface area (Å²) in [6.45, 7) is 0. The first kappa shape index (κ1) is 13.1. The Kier molecular flexibility index (Phi) is 4.38. The van der Waals surface area contributed by atoms with Crippen LogP contribution >= 0.6 is 22.6 Å². The van der Waals surface area contributed by atoms with E-state index in [1.54, 1.807) is 0 Å². The number of nitrogens with zero attached hydrogens (tertiary/aromatic N) is 1. The van der Waals surface area contributed by atoms with Crippen LogP contribution in [0.5, 0.6) is 0 Å². The summed E-state index contributed by atoms with van der Waals surface area (Å²) in [6, 6.07) is 22.7. The van der Waals surface area contributed by atoms with Crippen molar-refractivity contribution in [2.24, 2.45) is 0 Å². The summed E-state index contributed by atoms with van der Waals surface area (Å²) in [5.74, 6) is 0. The Morgan fingerprint density at radius 2 is 1.33 bits per heavy atom. The maximum absolute atomic E-state index is 9.76. The number of halogens is 1. The highest BCUT2D eigenvalue weighted by molar-refractivity contribution is 14.1. The molecule has 0 unspecified atom stereocenters. The van der Waals surface area contributed by atoms with Crippen molar-refractivity contribution in [3.05, 3.63) is 71.8 Å². The van der Waals surface area contributed by atoms with E-state index < -0.39 is 5.41 Å². The highest BCUT2D eigenvalue weighted by Crippen LogP contribution is 2.35. The predicted molar refractivity (Wildman–Crippen MR) is 82.8 cm³/mol. The molecule has 0 fully saturated rings. The van der Waals surface area contributed by atoms with Crippen LogP contribution in [0.1, 0.15) is 17.5 Å². The monoisotopic (exact) mass is 347 g/mol. The summed E-state index contributed by atoms with van der Waals surface area (Å²) < 4.78 is 0.953. The summed E-state index contributed by atoms with van der Waals surface area (Å²) in [4.78, 5) is 0. The molecule has 0 aliphatic rings. The van der Waals surface area contributed by atoms with Crippen LogP contribution in [0.2, 0.25) is 0 Å². The van der Waals surface area contributed by atoms with Gasteiger partial charge in [-0.05, 0) is 17.5 Å². The lowest BCUT2D eigenvalue weighted by atomic mass is 9.74. The molecule has 0 bridgehead atoms. The highest BCUT2D eigenvalue weighted by Gasteiger charge is 2.33. The Balaban J connectivity index is 2.58. The second-order valence-electron chi connectivity index (χ2n) is 4.19. The Bertz CT molecular complexity index is 489. The lowest BCUT2D eigenvalue weighted by molar-refractivity contribution is 0.643. The number of hydrogen-bond acceptors (Lipinski definition) is 1. The van der Waals surface area contributed by atoms with E-state index >= 15 is 0 Å². The van der Waals surface area contributed by atoms with Crippen molar-refractivity contribution in [3.8, 4) is 6.07 Å². The smallest absolute Gasteiger partial charge is 0.108 e. The summed E-state index contributed by atoms with van der Waals surface area (Å²) in [7, 11) is 0. The number of hydrogen-bond donors (Lipinski definition) is 0. The lowest BCUT2D eigenvalue weighted by Crippen LogP contribution is -2.26. The van der Waals surface area contributed by atoms with E-state index in [9.17, 15) is 5.26 Å². The van der Waals surface area contributed by atoms with Gasteiger partial charge in [0.25, 0.3) is 0 Å². The third kappa shape index (κ3) is 2.41. The van der Waals surface area contributed by atoms with Crippen molar-refractivity contribution < 1.29 is 0 Å². The van der Waals surface area contributed by atoms with Gasteiger partial charge in [-0.1, -0.05) is 83.3 Å². The molecule has 90 valence electrons. The first-order valence-electron chi connectivity index (χ1n) is 5.92. The van der Waals surface area contributed by atoms with Gasteiger partial charge < -0.3 is 0 Å². The van der Waals surface area contributed by atoms with Crippen LogP contribution in [0.15, 0.2) is 60.7 Å². The fourth-order valence-electron chi connectivity index (χ4n) is 2.23. The molecule has 0 aliphatic heterocycles. The third-order valence-electron chi connectivity index (χ3n) is 3.19. The minimum atomic E-state index is -0.524. The molecule has 18 heavy (non-hydrogen) atoms. The van der Waals surface area contributed by atoms with Crippen LogP contribution in [-0.2, 0) is 5.41 Å². The van der Waals surface area contributed by atoms with Gasteiger partial charge in [0.1, 0.15) is 5.41 Å². The predicted octanol–water partition coefficient (Wildman–Crippen LogP) is 4.32. The Hall–Kier alpha value is -1.34. The van der Waals surface area contributed by atoms with Crippen molar-refractivity contribution in [3.63, 3.8) is 0 Å². The molecule has 0 spiro atoms. The van der Waals surface area contributed by atoms with Gasteiger partial charge in [-0.3, -0.25) is 0 Å². The molecular weight excluding hydrogens is 333 g/mol. The van der Waals surface area contributed by atoms with Gasteiger partial charge in [0.15, 0.2) is 0 Å². The van der Waals surface area contributed by atoms with E-state index in [0.717, 1.165) is 22.0 Å². The molecule has 1 nitrogen and oxygen atoms in total. The van der Waals surface area contributed by atoms with E-state index in [0.29, 0.717) is 0 Å². The molecule has 2 rings (SSSR count). The Morgan fingerprint density at radius 1 is 0.889 bits per heavy atom. The zero-order valence-corrected chi connectivity index (χ0v) is 12.2. The molecule has 2 heteroatoms. The Labute approximate surface area is 122 Å². The molecular formula is C16H14IN. The number of benzene rings is 2. The summed E-state index contributed by atoms with van der Waals surface area (Å²) in [6.07, 6.45) is 0.831. The quantitative estimate of drug-likeness (QED) is 0.597. The fourth-order valence-corrected chi connectivity index (χ4v) is 3.04. The summed E-state index contributed by atoms with van der Waals surface area (Å²) in [5, 5.41) is 9.76. The van der Waals surface area contributed by atoms with Crippen molar-refractivity contribution in [1.82, 2.24) is 0 Å². The molecule has 0 radical (unpaired) electrons. The molecule has 0 saturated carbocycles. The molecule has 0 aliphatic carbocycles. The molecule has 2 aromatic carbocycles. The molecule has 0 aromatic heterocycles. The van der Waals surface area contributed by atoms with E-state index in [4.69, 9.17) is 0 Å². The second kappa shape index (κ2) is 6.01. The maximum Gasteiger partial charge on any atom is 0.108 e. The van der Waals surface area contributed by atoms with Gasteiger partial charge in [-0.2, -0.15) is 5.26 Å². The van der Waals surface area contributed by atoms with E-state index in [2.05, 4.69) is 28.7 Å². The maximum atomic E-state index is 9.76. The number of nitriles is 1. The van der Waals surface area contributed by atoms with Gasteiger partial charge in [0, 0.05) is 4.43 Å². The third-order valence-corrected chi connectivity index (χ3v) is 3.73. The van der Waals surface area contributed by atoms with Crippen LogP contribution in [-0.4, -0.2) is 4.43 Å². The average Bonchev–Trinajstić information content (AvgIpc) is 2.47. The van der Waals surface area contributed by atoms with Crippen LogP contribution < -0.4 is 0 Å². The Morgan fingerprint density at radius 3 is 1.67 bits per heavy atom. The standard InChI is InChI=1S/C16H14IN/c17-12-11-16(13-18,14-7-3-1-4-8-14)15-9-5-2-6-10-15/h1-10H,11-12H2. The molecule has 0 heterocycles. The first-order chi connectivity index (χ1) is 8.83. The highest BCUT2D eigenvalue weighted by atomic mass is 127. The van der Waals surface area contributed by atoms with E-state index in [-0.39, 0.29) is 0 Å². The van der Waals surface area contributed by atoms with Crippen LogP contribution in [0.25, 0.3) is 0 Å². The SMILES string of the molecule is N#CC(CCI)(c1ccccc1)c1ccccc1. The van der Waals surface area contributed by atoms with E-state index in [1.807, 2.05) is 60.7 Å². The minimum absolute atomic E-state index is 0.524. The van der Waals surface area contributed by atoms with Crippen LogP contribution in [0.3, 0.4) is 0 Å². The van der Waals surface area contributed by atoms with Crippen LogP contribution in [0, 0.1) is 11.3 Å². The molecule has 0 atom stereocenters. The van der Waals surface area contributed by atoms with Crippen LogP contribution in [0.4, 0.5) is 0 Å². The summed E-state index contributed by atoms with van der Waals surface area (Å²) in [5.41, 5.74) is 1.63. The fraction of sp³-hybridized carbons (Fsp3) is 0.188. The van der Waals surface area contributed by atoms with Gasteiger partial charge in [0.2, 0.25) is 0 Å². The molecule has 0 saturated heterocycles. The zero-order chi connectivity index (χ0) is 12.8. The van der Waals surface area contributed by atoms with Crippen molar-refractivity contribution in [2.45, 2.75) is 11.8 Å². The molecule has 0 amide bonds. The number of rotatable bonds is 4. The van der Waals surface area contributed by atoms with Gasteiger partial charge >= 0.3 is 0 Å². The second-order valence-corrected chi connectivity index (χ2v) is 5.27. The van der Waals surface area contributed by atoms with Gasteiger partial charge in [0.05, 0.1) is 6.07 Å². The molecule has 2 aromatic rings. The number of alkyl halides is 1. The minimum Gasteiger partial charge on any atom is -0.197 e. The molecule has 0 N–H and O–H groups in total. The lowest BCUT2D eigenvalue weighted by Gasteiger charge is -2.27. The van der Waals surface area contributed by atoms with Gasteiger partial charge in [-0.25, -0.2) is 0 Å². The average molecular weight is 347 g/mol. The summed E-state index contributed by atoms with van der Waals surface area (Å²) >= 11 is 2.34. The van der Waals surface area contributed by atoms with E-state index in [1.165, 1.54) is 0 Å². The van der Waals surface area contributed by atoms with Crippen molar-refractivity contribution in [2.75, 3.05) is 4.43 Å². The zero-order valence-electron chi connectivity index (χ0n) is 10.0. The van der Waals surface area contributed by atoms with Gasteiger partial charge in [-0.15, -0.1) is 0 Å². The first-order valence-corrected chi connectivity index (χ1v) is 7.44. The van der Waals surface area contributed by atoms with Crippen molar-refractivity contribution in [1.29, 1.82) is 5.26 Å². The normalized spacial score (nSPS) is 10.9.